The number of nitrogens with zero attached hydrogens (tertiary/aromatic N) is 2. The second kappa shape index (κ2) is 10.4. The highest BCUT2D eigenvalue weighted by Crippen LogP contribution is 2.31. The molecule has 182 valence electrons. The fourth-order valence-corrected chi connectivity index (χ4v) is 6.27. The normalized spacial score (nSPS) is 11.3. The van der Waals surface area contributed by atoms with E-state index in [0.717, 1.165) is 56.9 Å². The zero-order valence-electron chi connectivity index (χ0n) is 21.1. The molecule has 4 aromatic rings. The molecule has 0 aliphatic rings. The molecule has 2 heterocycles. The molecule has 2 aromatic carbocycles. The number of thiophene rings is 1. The fourth-order valence-electron chi connectivity index (χ4n) is 4.14. The summed E-state index contributed by atoms with van der Waals surface area (Å²) < 4.78 is 1.67. The van der Waals surface area contributed by atoms with E-state index >= 15 is 0 Å². The van der Waals surface area contributed by atoms with E-state index in [4.69, 9.17) is 4.98 Å². The number of hydrogen-bond donors (Lipinski definition) is 1. The Morgan fingerprint density at radius 3 is 2.49 bits per heavy atom. The Morgan fingerprint density at radius 2 is 1.80 bits per heavy atom. The molecule has 0 atom stereocenters. The second-order valence-corrected chi connectivity index (χ2v) is 11.1. The van der Waals surface area contributed by atoms with Crippen LogP contribution in [0.4, 0.5) is 5.69 Å². The van der Waals surface area contributed by atoms with Gasteiger partial charge in [0.1, 0.15) is 4.83 Å². The monoisotopic (exact) mass is 505 g/mol. The van der Waals surface area contributed by atoms with Crippen LogP contribution in [0.1, 0.15) is 46.0 Å². The molecule has 0 aliphatic heterocycles. The van der Waals surface area contributed by atoms with Gasteiger partial charge in [-0.15, -0.1) is 11.3 Å². The van der Waals surface area contributed by atoms with Gasteiger partial charge in [-0.2, -0.15) is 0 Å². The van der Waals surface area contributed by atoms with Crippen molar-refractivity contribution in [2.45, 2.75) is 59.5 Å². The quantitative estimate of drug-likeness (QED) is 0.225. The lowest BCUT2D eigenvalue weighted by atomic mass is 10.1. The maximum atomic E-state index is 13.8. The van der Waals surface area contributed by atoms with Crippen LogP contribution in [-0.2, 0) is 11.2 Å². The van der Waals surface area contributed by atoms with Crippen LogP contribution in [0.15, 0.2) is 46.3 Å². The number of anilines is 1. The molecular weight excluding hydrogens is 474 g/mol. The third kappa shape index (κ3) is 5.21. The van der Waals surface area contributed by atoms with Gasteiger partial charge >= 0.3 is 0 Å². The van der Waals surface area contributed by atoms with Gasteiger partial charge < -0.3 is 5.32 Å². The molecule has 0 radical (unpaired) electrons. The predicted octanol–water partition coefficient (Wildman–Crippen LogP) is 6.67. The molecule has 1 N–H and O–H groups in total. The van der Waals surface area contributed by atoms with Crippen LogP contribution in [-0.4, -0.2) is 21.2 Å². The van der Waals surface area contributed by atoms with Crippen molar-refractivity contribution in [3.8, 4) is 5.69 Å². The number of rotatable bonds is 7. The van der Waals surface area contributed by atoms with E-state index in [1.54, 1.807) is 15.9 Å². The average molecular weight is 506 g/mol. The highest BCUT2D eigenvalue weighted by Gasteiger charge is 2.20. The minimum Gasteiger partial charge on any atom is -0.325 e. The third-order valence-corrected chi connectivity index (χ3v) is 8.43. The molecule has 0 saturated carbocycles. The third-order valence-electron chi connectivity index (χ3n) is 6.25. The maximum Gasteiger partial charge on any atom is 0.267 e. The predicted molar refractivity (Wildman–Crippen MR) is 149 cm³/mol. The van der Waals surface area contributed by atoms with Crippen LogP contribution in [0.25, 0.3) is 15.9 Å². The molecule has 0 unspecified atom stereocenters. The first-order chi connectivity index (χ1) is 16.7. The number of carbonyl (C=O) groups is 1. The van der Waals surface area contributed by atoms with Crippen molar-refractivity contribution in [2.24, 2.45) is 0 Å². The van der Waals surface area contributed by atoms with Crippen LogP contribution in [0.3, 0.4) is 0 Å². The zero-order chi connectivity index (χ0) is 25.3. The second-order valence-electron chi connectivity index (χ2n) is 9.04. The number of benzene rings is 2. The summed E-state index contributed by atoms with van der Waals surface area (Å²) in [5, 5.41) is 4.21. The van der Waals surface area contributed by atoms with Crippen LogP contribution in [0.2, 0.25) is 0 Å². The Bertz CT molecular complexity index is 1480. The van der Waals surface area contributed by atoms with E-state index in [1.807, 2.05) is 64.1 Å². The Balaban J connectivity index is 1.74. The molecular formula is C28H31N3O2S2. The number of aryl methyl sites for hydroxylation is 6. The molecule has 0 bridgehead atoms. The molecule has 2 aromatic heterocycles. The van der Waals surface area contributed by atoms with Crippen molar-refractivity contribution in [3.63, 3.8) is 0 Å². The summed E-state index contributed by atoms with van der Waals surface area (Å²) in [7, 11) is 0. The number of carbonyl (C=O) groups excluding carboxylic acids is 1. The van der Waals surface area contributed by atoms with Crippen molar-refractivity contribution in [2.75, 3.05) is 11.1 Å². The van der Waals surface area contributed by atoms with Crippen molar-refractivity contribution >= 4 is 44.9 Å². The maximum absolute atomic E-state index is 13.8. The van der Waals surface area contributed by atoms with Gasteiger partial charge in [0, 0.05) is 10.6 Å². The number of aromatic nitrogens is 2. The first-order valence-electron chi connectivity index (χ1n) is 11.8. The Hall–Kier alpha value is -2.90. The van der Waals surface area contributed by atoms with Crippen molar-refractivity contribution < 1.29 is 4.79 Å². The van der Waals surface area contributed by atoms with Gasteiger partial charge in [-0.25, -0.2) is 4.98 Å². The molecule has 4 rings (SSSR count). The van der Waals surface area contributed by atoms with E-state index < -0.39 is 0 Å². The molecule has 0 saturated heterocycles. The van der Waals surface area contributed by atoms with Crippen molar-refractivity contribution in [3.05, 3.63) is 79.4 Å². The lowest BCUT2D eigenvalue weighted by Gasteiger charge is -2.14. The Morgan fingerprint density at radius 1 is 1.03 bits per heavy atom. The number of hydrogen-bond acceptors (Lipinski definition) is 5. The summed E-state index contributed by atoms with van der Waals surface area (Å²) >= 11 is 2.88. The van der Waals surface area contributed by atoms with Crippen LogP contribution in [0, 0.1) is 34.6 Å². The summed E-state index contributed by atoms with van der Waals surface area (Å²) in [5.74, 6) is 0.0272. The average Bonchev–Trinajstić information content (AvgIpc) is 3.12. The topological polar surface area (TPSA) is 64.0 Å². The molecule has 7 heteroatoms. The van der Waals surface area contributed by atoms with E-state index in [0.29, 0.717) is 10.5 Å². The van der Waals surface area contributed by atoms with Gasteiger partial charge in [-0.05, 0) is 81.5 Å². The summed E-state index contributed by atoms with van der Waals surface area (Å²) in [4.78, 5) is 33.5. The van der Waals surface area contributed by atoms with Gasteiger partial charge in [0.2, 0.25) is 5.91 Å². The van der Waals surface area contributed by atoms with Gasteiger partial charge in [0.25, 0.3) is 5.56 Å². The van der Waals surface area contributed by atoms with E-state index in [1.165, 1.54) is 16.6 Å². The van der Waals surface area contributed by atoms with Gasteiger partial charge in [0.15, 0.2) is 5.16 Å². The summed E-state index contributed by atoms with van der Waals surface area (Å²) in [6, 6.07) is 11.9. The fraction of sp³-hybridized carbons (Fsp3) is 0.321. The van der Waals surface area contributed by atoms with Gasteiger partial charge in [0.05, 0.1) is 16.8 Å². The molecule has 0 spiro atoms. The largest absolute Gasteiger partial charge is 0.325 e. The number of thioether (sulfide) groups is 1. The highest BCUT2D eigenvalue weighted by atomic mass is 32.2. The first-order valence-corrected chi connectivity index (χ1v) is 13.6. The summed E-state index contributed by atoms with van der Waals surface area (Å²) in [5.41, 5.74) is 6.95. The lowest BCUT2D eigenvalue weighted by molar-refractivity contribution is -0.113. The molecule has 35 heavy (non-hydrogen) atoms. The molecule has 0 aliphatic carbocycles. The Labute approximate surface area is 214 Å². The lowest BCUT2D eigenvalue weighted by Crippen LogP contribution is -2.23. The molecule has 0 fully saturated rings. The van der Waals surface area contributed by atoms with Crippen LogP contribution >= 0.6 is 23.1 Å². The minimum absolute atomic E-state index is 0.0772. The smallest absolute Gasteiger partial charge is 0.267 e. The number of nitrogens with one attached hydrogen (secondary N) is 1. The van der Waals surface area contributed by atoms with Crippen LogP contribution in [0.5, 0.6) is 0 Å². The zero-order valence-corrected chi connectivity index (χ0v) is 22.7. The SMILES string of the molecule is CCCc1sc2nc(SCC(=O)Nc3ccc(C)cc3C)n(-c3ccc(C)c(C)c3)c(=O)c2c1C. The molecule has 5 nitrogen and oxygen atoms in total. The summed E-state index contributed by atoms with van der Waals surface area (Å²) in [6.07, 6.45) is 1.94. The van der Waals surface area contributed by atoms with E-state index in [-0.39, 0.29) is 17.2 Å². The standard InChI is InChI=1S/C28H31N3O2S2/c1-7-8-23-20(6)25-26(35-23)30-28(31(27(25)33)21-11-10-17(3)18(4)14-21)34-15-24(32)29-22-12-9-16(2)13-19(22)5/h9-14H,7-8,15H2,1-6H3,(H,29,32). The minimum atomic E-state index is -0.128. The highest BCUT2D eigenvalue weighted by molar-refractivity contribution is 7.99. The summed E-state index contributed by atoms with van der Waals surface area (Å²) in [6.45, 7) is 12.3. The van der Waals surface area contributed by atoms with Crippen LogP contribution < -0.4 is 10.9 Å². The van der Waals surface area contributed by atoms with E-state index in [9.17, 15) is 9.59 Å². The number of fused-ring (bicyclic) bond motifs is 1. The van der Waals surface area contributed by atoms with Crippen molar-refractivity contribution in [1.82, 2.24) is 9.55 Å². The van der Waals surface area contributed by atoms with Gasteiger partial charge in [-0.1, -0.05) is 48.9 Å². The first kappa shape index (κ1) is 25.2. The Kier molecular flexibility index (Phi) is 7.47. The number of amides is 1. The molecule has 1 amide bonds. The van der Waals surface area contributed by atoms with Gasteiger partial charge in [-0.3, -0.25) is 14.2 Å². The van der Waals surface area contributed by atoms with E-state index in [2.05, 4.69) is 19.2 Å². The van der Waals surface area contributed by atoms with Crippen molar-refractivity contribution in [1.29, 1.82) is 0 Å².